The highest BCUT2D eigenvalue weighted by molar-refractivity contribution is 7.18. The molecule has 31 heavy (non-hydrogen) atoms. The molecule has 0 spiro atoms. The lowest BCUT2D eigenvalue weighted by Crippen LogP contribution is -2.15. The van der Waals surface area contributed by atoms with E-state index in [1.165, 1.54) is 23.1 Å². The van der Waals surface area contributed by atoms with Gasteiger partial charge in [0, 0.05) is 30.2 Å². The quantitative estimate of drug-likeness (QED) is 0.437. The molecule has 156 valence electrons. The maximum absolute atomic E-state index is 12.5. The van der Waals surface area contributed by atoms with E-state index in [0.717, 1.165) is 18.4 Å². The van der Waals surface area contributed by atoms with Gasteiger partial charge >= 0.3 is 0 Å². The van der Waals surface area contributed by atoms with Crippen molar-refractivity contribution < 1.29 is 9.53 Å². The van der Waals surface area contributed by atoms with Crippen LogP contribution in [0.1, 0.15) is 29.3 Å². The largest absolute Gasteiger partial charge is 0.475 e. The molecule has 7 nitrogen and oxygen atoms in total. The molecule has 0 radical (unpaired) electrons. The molecular weight excluding hydrogens is 410 g/mol. The molecule has 1 N–H and O–H groups in total. The van der Waals surface area contributed by atoms with Crippen LogP contribution in [-0.2, 0) is 6.42 Å². The summed E-state index contributed by atoms with van der Waals surface area (Å²) in [5, 5.41) is 12.0. The summed E-state index contributed by atoms with van der Waals surface area (Å²) >= 11 is 1.30. The zero-order valence-corrected chi connectivity index (χ0v) is 17.7. The maximum Gasteiger partial charge on any atom is 0.259 e. The summed E-state index contributed by atoms with van der Waals surface area (Å²) in [5.41, 5.74) is 2.60. The molecule has 0 aliphatic heterocycles. The third-order valence-corrected chi connectivity index (χ3v) is 5.46. The first-order valence-electron chi connectivity index (χ1n) is 9.89. The third kappa shape index (κ3) is 5.70. The van der Waals surface area contributed by atoms with Crippen LogP contribution in [-0.4, -0.2) is 32.2 Å². The van der Waals surface area contributed by atoms with Crippen LogP contribution in [0.15, 0.2) is 73.2 Å². The fourth-order valence-corrected chi connectivity index (χ4v) is 3.66. The van der Waals surface area contributed by atoms with E-state index < -0.39 is 0 Å². The Hall–Kier alpha value is -3.65. The number of aromatic nitrogens is 4. The minimum atomic E-state index is -0.298. The minimum absolute atomic E-state index is 0.0142. The summed E-state index contributed by atoms with van der Waals surface area (Å²) in [5.74, 6) is 0.196. The molecule has 0 aliphatic rings. The van der Waals surface area contributed by atoms with E-state index in [9.17, 15) is 4.79 Å². The second kappa shape index (κ2) is 9.90. The second-order valence-corrected chi connectivity index (χ2v) is 7.92. The number of carbonyl (C=O) groups excluding carboxylic acids is 1. The van der Waals surface area contributed by atoms with Gasteiger partial charge in [0.2, 0.25) is 11.0 Å². The van der Waals surface area contributed by atoms with E-state index >= 15 is 0 Å². The lowest BCUT2D eigenvalue weighted by atomic mass is 10.1. The van der Waals surface area contributed by atoms with Gasteiger partial charge < -0.3 is 4.74 Å². The number of carbonyl (C=O) groups is 1. The Balaban J connectivity index is 1.30. The van der Waals surface area contributed by atoms with Crippen LogP contribution in [0, 0.1) is 0 Å². The molecule has 0 unspecified atom stereocenters. The van der Waals surface area contributed by atoms with Crippen molar-refractivity contribution in [3.63, 3.8) is 0 Å². The highest BCUT2D eigenvalue weighted by Crippen LogP contribution is 2.26. The standard InChI is InChI=1S/C23H21N5O2S/c1-16(7-8-17-5-3-2-4-6-17)30-20-10-9-19(15-25-20)21(29)26-23-28-27-22(31-23)18-11-13-24-14-12-18/h2-6,9-16H,7-8H2,1H3,(H,26,28,29)/t16-/m1/s1. The van der Waals surface area contributed by atoms with Crippen molar-refractivity contribution in [2.24, 2.45) is 0 Å². The Morgan fingerprint density at radius 2 is 1.87 bits per heavy atom. The first-order chi connectivity index (χ1) is 15.2. The predicted molar refractivity (Wildman–Crippen MR) is 120 cm³/mol. The molecule has 0 bridgehead atoms. The van der Waals surface area contributed by atoms with Crippen molar-refractivity contribution in [1.82, 2.24) is 20.2 Å². The van der Waals surface area contributed by atoms with Gasteiger partial charge in [0.05, 0.1) is 11.7 Å². The predicted octanol–water partition coefficient (Wildman–Crippen LogP) is 4.65. The number of nitrogens with one attached hydrogen (secondary N) is 1. The number of rotatable bonds is 8. The number of pyridine rings is 2. The Morgan fingerprint density at radius 1 is 1.06 bits per heavy atom. The number of anilines is 1. The normalized spacial score (nSPS) is 11.6. The Labute approximate surface area is 184 Å². The Kier molecular flexibility index (Phi) is 6.59. The zero-order chi connectivity index (χ0) is 21.5. The molecular formula is C23H21N5O2S. The maximum atomic E-state index is 12.5. The third-order valence-electron chi connectivity index (χ3n) is 4.58. The average Bonchev–Trinajstić information content (AvgIpc) is 3.28. The summed E-state index contributed by atoms with van der Waals surface area (Å²) in [6.07, 6.45) is 6.70. The molecule has 1 amide bonds. The van der Waals surface area contributed by atoms with E-state index in [-0.39, 0.29) is 12.0 Å². The fraction of sp³-hybridized carbons (Fsp3) is 0.174. The summed E-state index contributed by atoms with van der Waals surface area (Å²) in [6, 6.07) is 17.4. The molecule has 0 saturated heterocycles. The number of hydrogen-bond donors (Lipinski definition) is 1. The van der Waals surface area contributed by atoms with Gasteiger partial charge in [0.15, 0.2) is 0 Å². The first kappa shape index (κ1) is 20.6. The highest BCUT2D eigenvalue weighted by atomic mass is 32.1. The van der Waals surface area contributed by atoms with Crippen LogP contribution >= 0.6 is 11.3 Å². The van der Waals surface area contributed by atoms with Crippen LogP contribution in [0.5, 0.6) is 5.88 Å². The van der Waals surface area contributed by atoms with E-state index in [4.69, 9.17) is 4.74 Å². The van der Waals surface area contributed by atoms with Crippen molar-refractivity contribution in [3.8, 4) is 16.5 Å². The van der Waals surface area contributed by atoms with Gasteiger partial charge in [0.25, 0.3) is 5.91 Å². The topological polar surface area (TPSA) is 89.9 Å². The average molecular weight is 432 g/mol. The van der Waals surface area contributed by atoms with Gasteiger partial charge in [-0.2, -0.15) is 0 Å². The van der Waals surface area contributed by atoms with Crippen molar-refractivity contribution in [3.05, 3.63) is 84.3 Å². The van der Waals surface area contributed by atoms with Gasteiger partial charge in [-0.1, -0.05) is 41.7 Å². The molecule has 4 aromatic rings. The molecule has 0 saturated carbocycles. The number of benzene rings is 1. The van der Waals surface area contributed by atoms with Crippen molar-refractivity contribution in [2.45, 2.75) is 25.9 Å². The number of ether oxygens (including phenoxy) is 1. The highest BCUT2D eigenvalue weighted by Gasteiger charge is 2.13. The second-order valence-electron chi connectivity index (χ2n) is 6.94. The van der Waals surface area contributed by atoms with E-state index in [1.54, 1.807) is 24.5 Å². The summed E-state index contributed by atoms with van der Waals surface area (Å²) in [4.78, 5) is 20.7. The molecule has 1 atom stereocenters. The van der Waals surface area contributed by atoms with Gasteiger partial charge in [-0.3, -0.25) is 15.1 Å². The van der Waals surface area contributed by atoms with Gasteiger partial charge in [-0.15, -0.1) is 10.2 Å². The van der Waals surface area contributed by atoms with Crippen LogP contribution in [0.3, 0.4) is 0 Å². The van der Waals surface area contributed by atoms with E-state index in [0.29, 0.717) is 21.6 Å². The van der Waals surface area contributed by atoms with Crippen molar-refractivity contribution >= 4 is 22.4 Å². The number of amides is 1. The van der Waals surface area contributed by atoms with Crippen LogP contribution in [0.2, 0.25) is 0 Å². The fourth-order valence-electron chi connectivity index (χ4n) is 2.92. The Morgan fingerprint density at radius 3 is 2.61 bits per heavy atom. The molecule has 8 heteroatoms. The number of hydrogen-bond acceptors (Lipinski definition) is 7. The minimum Gasteiger partial charge on any atom is -0.475 e. The smallest absolute Gasteiger partial charge is 0.259 e. The monoisotopic (exact) mass is 431 g/mol. The Bertz CT molecular complexity index is 1120. The summed E-state index contributed by atoms with van der Waals surface area (Å²) in [6.45, 7) is 2.01. The zero-order valence-electron chi connectivity index (χ0n) is 16.9. The van der Waals surface area contributed by atoms with Gasteiger partial charge in [0.1, 0.15) is 5.01 Å². The van der Waals surface area contributed by atoms with Crippen LogP contribution < -0.4 is 10.1 Å². The summed E-state index contributed by atoms with van der Waals surface area (Å²) < 4.78 is 5.87. The lowest BCUT2D eigenvalue weighted by molar-refractivity contribution is 0.102. The van der Waals surface area contributed by atoms with Crippen molar-refractivity contribution in [2.75, 3.05) is 5.32 Å². The van der Waals surface area contributed by atoms with E-state index in [2.05, 4.69) is 37.6 Å². The molecule has 4 rings (SSSR count). The summed E-state index contributed by atoms with van der Waals surface area (Å²) in [7, 11) is 0. The van der Waals surface area contributed by atoms with Crippen molar-refractivity contribution in [1.29, 1.82) is 0 Å². The van der Waals surface area contributed by atoms with E-state index in [1.807, 2.05) is 37.3 Å². The van der Waals surface area contributed by atoms with Gasteiger partial charge in [-0.05, 0) is 43.5 Å². The lowest BCUT2D eigenvalue weighted by Gasteiger charge is -2.14. The number of nitrogens with zero attached hydrogens (tertiary/aromatic N) is 4. The van der Waals surface area contributed by atoms with Crippen LogP contribution in [0.25, 0.3) is 10.6 Å². The SMILES string of the molecule is C[C@H](CCc1ccccc1)Oc1ccc(C(=O)Nc2nnc(-c3ccncc3)s2)cn1. The van der Waals surface area contributed by atoms with Crippen LogP contribution in [0.4, 0.5) is 5.13 Å². The molecule has 0 fully saturated rings. The number of aryl methyl sites for hydroxylation is 1. The first-order valence-corrected chi connectivity index (χ1v) is 10.7. The molecule has 3 heterocycles. The molecule has 3 aromatic heterocycles. The molecule has 1 aromatic carbocycles. The van der Waals surface area contributed by atoms with Gasteiger partial charge in [-0.25, -0.2) is 4.98 Å². The molecule has 0 aliphatic carbocycles.